The number of aromatic nitrogens is 1. The number of nitrogens with one attached hydrogen (secondary N) is 1. The van der Waals surface area contributed by atoms with Crippen molar-refractivity contribution in [2.45, 2.75) is 38.1 Å². The van der Waals surface area contributed by atoms with E-state index in [1.165, 1.54) is 12.1 Å². The molecule has 0 atom stereocenters. The van der Waals surface area contributed by atoms with Crippen LogP contribution in [0.1, 0.15) is 36.7 Å². The predicted molar refractivity (Wildman–Crippen MR) is 119 cm³/mol. The first kappa shape index (κ1) is 22.5. The molecule has 1 saturated heterocycles. The third-order valence-electron chi connectivity index (χ3n) is 4.79. The van der Waals surface area contributed by atoms with Crippen molar-refractivity contribution in [3.05, 3.63) is 52.7 Å². The van der Waals surface area contributed by atoms with Gasteiger partial charge in [-0.25, -0.2) is 18.1 Å². The first-order chi connectivity index (χ1) is 14.0. The van der Waals surface area contributed by atoms with Crippen LogP contribution in [0, 0.1) is 6.92 Å². The van der Waals surface area contributed by atoms with Crippen molar-refractivity contribution in [2.75, 3.05) is 31.1 Å². The summed E-state index contributed by atoms with van der Waals surface area (Å²) < 4.78 is 28.0. The number of pyridine rings is 1. The summed E-state index contributed by atoms with van der Waals surface area (Å²) in [5, 5.41) is 0.582. The molecule has 0 spiro atoms. The number of rotatable bonds is 4. The third-order valence-corrected chi connectivity index (χ3v) is 6.77. The van der Waals surface area contributed by atoms with Crippen LogP contribution in [0.15, 0.2) is 41.4 Å². The number of anilines is 1. The van der Waals surface area contributed by atoms with Crippen LogP contribution in [0.2, 0.25) is 5.02 Å². The molecule has 30 heavy (non-hydrogen) atoms. The highest BCUT2D eigenvalue weighted by Gasteiger charge is 2.27. The molecule has 162 valence electrons. The van der Waals surface area contributed by atoms with E-state index in [4.69, 9.17) is 11.6 Å². The van der Waals surface area contributed by atoms with Gasteiger partial charge in [0.2, 0.25) is 10.0 Å². The van der Waals surface area contributed by atoms with Crippen LogP contribution in [0.3, 0.4) is 0 Å². The van der Waals surface area contributed by atoms with Crippen molar-refractivity contribution in [2.24, 2.45) is 0 Å². The summed E-state index contributed by atoms with van der Waals surface area (Å²) in [6.45, 7) is 9.49. The van der Waals surface area contributed by atoms with E-state index in [2.05, 4.69) is 14.6 Å². The minimum absolute atomic E-state index is 0.0929. The highest BCUT2D eigenvalue weighted by atomic mass is 35.5. The molecular formula is C21H27ClN4O3S. The summed E-state index contributed by atoms with van der Waals surface area (Å²) in [7, 11) is -3.72. The van der Waals surface area contributed by atoms with Crippen LogP contribution in [0.4, 0.5) is 5.82 Å². The Morgan fingerprint density at radius 3 is 2.33 bits per heavy atom. The number of carbonyl (C=O) groups is 1. The van der Waals surface area contributed by atoms with E-state index in [1.807, 2.05) is 13.0 Å². The Hall–Kier alpha value is -2.16. The largest absolute Gasteiger partial charge is 0.353 e. The zero-order valence-electron chi connectivity index (χ0n) is 17.6. The monoisotopic (exact) mass is 450 g/mol. The predicted octanol–water partition coefficient (Wildman–Crippen LogP) is 3.08. The van der Waals surface area contributed by atoms with Crippen molar-refractivity contribution in [3.8, 4) is 0 Å². The molecule has 7 nitrogen and oxygen atoms in total. The second-order valence-corrected chi connectivity index (χ2v) is 10.6. The number of amides is 1. The zero-order chi connectivity index (χ0) is 22.1. The van der Waals surface area contributed by atoms with Gasteiger partial charge in [0.25, 0.3) is 5.91 Å². The third kappa shape index (κ3) is 5.30. The van der Waals surface area contributed by atoms with Crippen molar-refractivity contribution >= 4 is 33.3 Å². The van der Waals surface area contributed by atoms with Crippen LogP contribution in [-0.2, 0) is 10.0 Å². The Labute approximate surface area is 183 Å². The van der Waals surface area contributed by atoms with E-state index in [9.17, 15) is 13.2 Å². The number of halogens is 1. The van der Waals surface area contributed by atoms with Gasteiger partial charge in [0.15, 0.2) is 0 Å². The minimum atomic E-state index is -3.72. The molecule has 9 heteroatoms. The molecule has 2 aromatic rings. The van der Waals surface area contributed by atoms with Crippen molar-refractivity contribution < 1.29 is 13.2 Å². The fourth-order valence-electron chi connectivity index (χ4n) is 3.32. The molecule has 3 rings (SSSR count). The van der Waals surface area contributed by atoms with Gasteiger partial charge in [0.05, 0.1) is 9.92 Å². The highest BCUT2D eigenvalue weighted by molar-refractivity contribution is 7.89. The lowest BCUT2D eigenvalue weighted by molar-refractivity contribution is 0.0745. The first-order valence-corrected chi connectivity index (χ1v) is 11.6. The number of benzene rings is 1. The van der Waals surface area contributed by atoms with Gasteiger partial charge in [-0.15, -0.1) is 0 Å². The molecule has 0 bridgehead atoms. The van der Waals surface area contributed by atoms with Gasteiger partial charge in [-0.2, -0.15) is 0 Å². The Kier molecular flexibility index (Phi) is 6.40. The minimum Gasteiger partial charge on any atom is -0.353 e. The number of nitrogens with zero attached hydrogens (tertiary/aromatic N) is 3. The molecule has 1 amide bonds. The van der Waals surface area contributed by atoms with Gasteiger partial charge >= 0.3 is 0 Å². The Bertz CT molecular complexity index is 1030. The van der Waals surface area contributed by atoms with E-state index >= 15 is 0 Å². The fourth-order valence-corrected chi connectivity index (χ4v) is 4.88. The molecule has 0 aliphatic carbocycles. The van der Waals surface area contributed by atoms with Crippen LogP contribution < -0.4 is 9.62 Å². The number of hydrogen-bond acceptors (Lipinski definition) is 5. The second-order valence-electron chi connectivity index (χ2n) is 8.45. The van der Waals surface area contributed by atoms with Gasteiger partial charge in [0, 0.05) is 43.5 Å². The van der Waals surface area contributed by atoms with Crippen molar-refractivity contribution in [1.29, 1.82) is 0 Å². The molecule has 1 aromatic heterocycles. The van der Waals surface area contributed by atoms with E-state index in [0.29, 0.717) is 36.8 Å². The number of carbonyl (C=O) groups excluding carboxylic acids is 1. The van der Waals surface area contributed by atoms with Gasteiger partial charge in [-0.05, 0) is 57.5 Å². The summed E-state index contributed by atoms with van der Waals surface area (Å²) in [5.41, 5.74) is 0.543. The van der Waals surface area contributed by atoms with Crippen molar-refractivity contribution in [1.82, 2.24) is 14.6 Å². The zero-order valence-corrected chi connectivity index (χ0v) is 19.2. The molecule has 1 aliphatic heterocycles. The molecular weight excluding hydrogens is 424 g/mol. The van der Waals surface area contributed by atoms with Crippen LogP contribution in [-0.4, -0.2) is 55.9 Å². The molecule has 2 heterocycles. The summed E-state index contributed by atoms with van der Waals surface area (Å²) in [5.74, 6) is 0.660. The quantitative estimate of drug-likeness (QED) is 0.773. The fraction of sp³-hybridized carbons (Fsp3) is 0.429. The van der Waals surface area contributed by atoms with Gasteiger partial charge < -0.3 is 9.80 Å². The van der Waals surface area contributed by atoms with Crippen LogP contribution >= 0.6 is 11.6 Å². The average Bonchev–Trinajstić information content (AvgIpc) is 2.66. The lowest BCUT2D eigenvalue weighted by Gasteiger charge is -2.35. The Morgan fingerprint density at radius 1 is 1.10 bits per heavy atom. The van der Waals surface area contributed by atoms with Gasteiger partial charge in [0.1, 0.15) is 5.82 Å². The molecule has 0 saturated carbocycles. The van der Waals surface area contributed by atoms with Gasteiger partial charge in [-0.3, -0.25) is 4.79 Å². The van der Waals surface area contributed by atoms with E-state index in [0.717, 1.165) is 11.4 Å². The number of piperazine rings is 1. The molecule has 1 fully saturated rings. The van der Waals surface area contributed by atoms with E-state index in [1.54, 1.807) is 44.0 Å². The van der Waals surface area contributed by atoms with Gasteiger partial charge in [-0.1, -0.05) is 17.7 Å². The molecule has 1 N–H and O–H groups in total. The smallest absolute Gasteiger partial charge is 0.254 e. The second kappa shape index (κ2) is 8.53. The lowest BCUT2D eigenvalue weighted by Crippen LogP contribution is -2.49. The molecule has 0 unspecified atom stereocenters. The highest BCUT2D eigenvalue weighted by Crippen LogP contribution is 2.21. The maximum Gasteiger partial charge on any atom is 0.254 e. The summed E-state index contributed by atoms with van der Waals surface area (Å²) in [4.78, 5) is 21.4. The lowest BCUT2D eigenvalue weighted by atomic mass is 10.1. The molecule has 0 radical (unpaired) electrons. The van der Waals surface area contributed by atoms with Crippen molar-refractivity contribution in [3.63, 3.8) is 0 Å². The molecule has 1 aromatic carbocycles. The van der Waals surface area contributed by atoms with E-state index in [-0.39, 0.29) is 10.8 Å². The summed E-state index contributed by atoms with van der Waals surface area (Å²) in [6.07, 6.45) is 1.61. The number of aryl methyl sites for hydroxylation is 1. The first-order valence-electron chi connectivity index (χ1n) is 9.77. The number of sulfonamides is 1. The maximum absolute atomic E-state index is 13.1. The average molecular weight is 451 g/mol. The topological polar surface area (TPSA) is 82.6 Å². The standard InChI is InChI=1S/C21H27ClN4O3S/c1-15-5-7-17(30(28,29)24-21(2,3)4)13-18(15)20(27)26-11-9-25(10-12-26)19-8-6-16(22)14-23-19/h5-8,13-14,24H,9-12H2,1-4H3. The Balaban J connectivity index is 1.75. The van der Waals surface area contributed by atoms with Crippen LogP contribution in [0.5, 0.6) is 0 Å². The number of hydrogen-bond donors (Lipinski definition) is 1. The van der Waals surface area contributed by atoms with E-state index < -0.39 is 15.6 Å². The summed E-state index contributed by atoms with van der Waals surface area (Å²) in [6, 6.07) is 8.34. The maximum atomic E-state index is 13.1. The SMILES string of the molecule is Cc1ccc(S(=O)(=O)NC(C)(C)C)cc1C(=O)N1CCN(c2ccc(Cl)cn2)CC1. The molecule has 1 aliphatic rings. The van der Waals surface area contributed by atoms with Crippen LogP contribution in [0.25, 0.3) is 0 Å². The Morgan fingerprint density at radius 2 is 1.77 bits per heavy atom. The summed E-state index contributed by atoms with van der Waals surface area (Å²) >= 11 is 5.90. The normalized spacial score (nSPS) is 15.4.